The predicted octanol–water partition coefficient (Wildman–Crippen LogP) is 5.41. The number of ether oxygens (including phenoxy) is 1. The number of halogens is 2. The lowest BCUT2D eigenvalue weighted by atomic mass is 10.1. The van der Waals surface area contributed by atoms with E-state index in [0.29, 0.717) is 22.0 Å². The van der Waals surface area contributed by atoms with E-state index < -0.39 is 5.97 Å². The summed E-state index contributed by atoms with van der Waals surface area (Å²) in [7, 11) is 0. The second-order valence-corrected chi connectivity index (χ2v) is 6.31. The minimum atomic E-state index is -0.495. The summed E-state index contributed by atoms with van der Waals surface area (Å²) in [6.45, 7) is 1.93. The molecule has 0 saturated carbocycles. The average Bonchev–Trinajstić information content (AvgIpc) is 2.53. The molecule has 0 unspecified atom stereocenters. The number of carbonyl (C=O) groups is 2. The highest BCUT2D eigenvalue weighted by Gasteiger charge is 2.20. The quantitative estimate of drug-likeness (QED) is 0.365. The molecule has 3 nitrogen and oxygen atoms in total. The van der Waals surface area contributed by atoms with E-state index >= 15 is 0 Å². The fraction of sp³-hybridized carbons (Fsp3) is 0.176. The van der Waals surface area contributed by atoms with Crippen LogP contribution in [0.3, 0.4) is 0 Å². The maximum Gasteiger partial charge on any atom is 0.343 e. The highest BCUT2D eigenvalue weighted by Crippen LogP contribution is 2.37. The summed E-state index contributed by atoms with van der Waals surface area (Å²) in [5.41, 5.74) is 0.837. The summed E-state index contributed by atoms with van der Waals surface area (Å²) >= 11 is 6.74. The van der Waals surface area contributed by atoms with Crippen LogP contribution >= 0.6 is 31.9 Å². The molecular formula is C17H14Br2O3. The van der Waals surface area contributed by atoms with Gasteiger partial charge in [-0.2, -0.15) is 0 Å². The first-order valence-corrected chi connectivity index (χ1v) is 8.41. The molecule has 2 rings (SSSR count). The van der Waals surface area contributed by atoms with Crippen molar-refractivity contribution in [1.29, 1.82) is 0 Å². The molecule has 0 aliphatic rings. The standard InChI is InChI=1S/C17H14Br2O3/c1-2-6-14(20)12-9-10-13(18)15(19)16(12)22-17(21)11-7-4-3-5-8-11/h3-5,7-10H,2,6H2,1H3. The van der Waals surface area contributed by atoms with E-state index in [9.17, 15) is 9.59 Å². The zero-order valence-electron chi connectivity index (χ0n) is 11.9. The fourth-order valence-corrected chi connectivity index (χ4v) is 2.68. The van der Waals surface area contributed by atoms with Crippen molar-refractivity contribution in [3.8, 4) is 5.75 Å². The molecule has 114 valence electrons. The lowest BCUT2D eigenvalue weighted by Crippen LogP contribution is -2.12. The average molecular weight is 426 g/mol. The van der Waals surface area contributed by atoms with Crippen molar-refractivity contribution in [3.63, 3.8) is 0 Å². The SMILES string of the molecule is CCCC(=O)c1ccc(Br)c(Br)c1OC(=O)c1ccccc1. The Kier molecular flexibility index (Phi) is 5.91. The molecule has 2 aromatic carbocycles. The highest BCUT2D eigenvalue weighted by atomic mass is 79.9. The molecule has 0 bridgehead atoms. The Labute approximate surface area is 145 Å². The van der Waals surface area contributed by atoms with Gasteiger partial charge in [-0.15, -0.1) is 0 Å². The van der Waals surface area contributed by atoms with Crippen LogP contribution in [0.2, 0.25) is 0 Å². The van der Waals surface area contributed by atoms with Crippen molar-refractivity contribution in [2.45, 2.75) is 19.8 Å². The van der Waals surface area contributed by atoms with Gasteiger partial charge in [0.25, 0.3) is 0 Å². The summed E-state index contributed by atoms with van der Waals surface area (Å²) in [4.78, 5) is 24.5. The molecule has 0 aliphatic carbocycles. The van der Waals surface area contributed by atoms with Gasteiger partial charge in [0.2, 0.25) is 0 Å². The smallest absolute Gasteiger partial charge is 0.343 e. The molecular weight excluding hydrogens is 412 g/mol. The highest BCUT2D eigenvalue weighted by molar-refractivity contribution is 9.13. The number of hydrogen-bond donors (Lipinski definition) is 0. The van der Waals surface area contributed by atoms with Gasteiger partial charge in [0.1, 0.15) is 0 Å². The number of rotatable bonds is 5. The number of esters is 1. The second kappa shape index (κ2) is 7.70. The predicted molar refractivity (Wildman–Crippen MR) is 92.5 cm³/mol. The first-order chi connectivity index (χ1) is 10.5. The molecule has 0 N–H and O–H groups in total. The van der Waals surface area contributed by atoms with Gasteiger partial charge in [-0.25, -0.2) is 4.79 Å². The van der Waals surface area contributed by atoms with Crippen LogP contribution in [0.15, 0.2) is 51.4 Å². The maximum absolute atomic E-state index is 12.2. The molecule has 2 aromatic rings. The maximum atomic E-state index is 12.2. The zero-order valence-corrected chi connectivity index (χ0v) is 15.1. The van der Waals surface area contributed by atoms with Gasteiger partial charge in [-0.05, 0) is 62.5 Å². The van der Waals surface area contributed by atoms with Gasteiger partial charge in [0.15, 0.2) is 11.5 Å². The largest absolute Gasteiger partial charge is 0.421 e. The van der Waals surface area contributed by atoms with E-state index in [-0.39, 0.29) is 11.5 Å². The molecule has 0 atom stereocenters. The lowest BCUT2D eigenvalue weighted by Gasteiger charge is -2.12. The second-order valence-electron chi connectivity index (χ2n) is 4.67. The third kappa shape index (κ3) is 3.84. The summed E-state index contributed by atoms with van der Waals surface area (Å²) < 4.78 is 6.75. The molecule has 0 spiro atoms. The Balaban J connectivity index is 2.38. The Morgan fingerprint density at radius 3 is 2.36 bits per heavy atom. The van der Waals surface area contributed by atoms with Gasteiger partial charge < -0.3 is 4.74 Å². The number of hydrogen-bond acceptors (Lipinski definition) is 3. The van der Waals surface area contributed by atoms with Crippen LogP contribution in [0.5, 0.6) is 5.75 Å². The van der Waals surface area contributed by atoms with E-state index in [1.807, 2.05) is 13.0 Å². The zero-order chi connectivity index (χ0) is 16.1. The molecule has 0 fully saturated rings. The van der Waals surface area contributed by atoms with Crippen molar-refractivity contribution in [3.05, 3.63) is 62.5 Å². The summed E-state index contributed by atoms with van der Waals surface area (Å²) in [6.07, 6.45) is 1.14. The Bertz CT molecular complexity index is 697. The molecule has 0 aliphatic heterocycles. The normalized spacial score (nSPS) is 10.3. The lowest BCUT2D eigenvalue weighted by molar-refractivity contribution is 0.0731. The van der Waals surface area contributed by atoms with Crippen molar-refractivity contribution in [2.24, 2.45) is 0 Å². The fourth-order valence-electron chi connectivity index (χ4n) is 1.94. The summed E-state index contributed by atoms with van der Waals surface area (Å²) in [5, 5.41) is 0. The van der Waals surface area contributed by atoms with Gasteiger partial charge in [0, 0.05) is 10.9 Å². The van der Waals surface area contributed by atoms with Crippen LogP contribution in [0.1, 0.15) is 40.5 Å². The Morgan fingerprint density at radius 1 is 1.05 bits per heavy atom. The first kappa shape index (κ1) is 16.9. The van der Waals surface area contributed by atoms with Crippen LogP contribution in [0.25, 0.3) is 0 Å². The third-order valence-electron chi connectivity index (χ3n) is 3.03. The number of carbonyl (C=O) groups excluding carboxylic acids is 2. The minimum Gasteiger partial charge on any atom is -0.421 e. The van der Waals surface area contributed by atoms with Gasteiger partial charge in [0.05, 0.1) is 15.6 Å². The van der Waals surface area contributed by atoms with Crippen LogP contribution in [-0.2, 0) is 0 Å². The van der Waals surface area contributed by atoms with E-state index in [2.05, 4.69) is 31.9 Å². The molecule has 0 aromatic heterocycles. The molecule has 0 amide bonds. The van der Waals surface area contributed by atoms with Crippen molar-refractivity contribution in [1.82, 2.24) is 0 Å². The van der Waals surface area contributed by atoms with E-state index in [4.69, 9.17) is 4.74 Å². The Morgan fingerprint density at radius 2 is 1.73 bits per heavy atom. The van der Waals surface area contributed by atoms with Crippen LogP contribution in [0, 0.1) is 0 Å². The van der Waals surface area contributed by atoms with Crippen LogP contribution in [0.4, 0.5) is 0 Å². The molecule has 0 radical (unpaired) electrons. The van der Waals surface area contributed by atoms with Crippen molar-refractivity contribution >= 4 is 43.6 Å². The monoisotopic (exact) mass is 424 g/mol. The first-order valence-electron chi connectivity index (χ1n) is 6.83. The minimum absolute atomic E-state index is 0.0495. The van der Waals surface area contributed by atoms with Gasteiger partial charge in [-0.1, -0.05) is 25.1 Å². The number of benzene rings is 2. The Hall–Kier alpha value is -1.46. The van der Waals surface area contributed by atoms with Gasteiger partial charge in [-0.3, -0.25) is 4.79 Å². The van der Waals surface area contributed by atoms with Gasteiger partial charge >= 0.3 is 5.97 Å². The number of ketones is 1. The van der Waals surface area contributed by atoms with E-state index in [1.54, 1.807) is 36.4 Å². The molecule has 0 heterocycles. The molecule has 22 heavy (non-hydrogen) atoms. The third-order valence-corrected chi connectivity index (χ3v) is 5.01. The number of Topliss-reactive ketones (excluding diaryl/α,β-unsaturated/α-hetero) is 1. The molecule has 5 heteroatoms. The summed E-state index contributed by atoms with van der Waals surface area (Å²) in [6, 6.07) is 12.1. The van der Waals surface area contributed by atoms with Crippen molar-refractivity contribution < 1.29 is 14.3 Å². The van der Waals surface area contributed by atoms with Crippen LogP contribution in [-0.4, -0.2) is 11.8 Å². The summed E-state index contributed by atoms with van der Waals surface area (Å²) in [5.74, 6) is -0.293. The van der Waals surface area contributed by atoms with E-state index in [1.165, 1.54) is 0 Å². The van der Waals surface area contributed by atoms with Crippen LogP contribution < -0.4 is 4.74 Å². The topological polar surface area (TPSA) is 43.4 Å². The van der Waals surface area contributed by atoms with Crippen molar-refractivity contribution in [2.75, 3.05) is 0 Å². The van der Waals surface area contributed by atoms with E-state index in [0.717, 1.165) is 10.9 Å². The molecule has 0 saturated heterocycles.